The Morgan fingerprint density at radius 3 is 2.51 bits per heavy atom. The van der Waals surface area contributed by atoms with Crippen molar-refractivity contribution >= 4 is 56.5 Å². The van der Waals surface area contributed by atoms with E-state index in [4.69, 9.17) is 23.2 Å². The van der Waals surface area contributed by atoms with Crippen molar-refractivity contribution in [2.24, 2.45) is 0 Å². The predicted molar refractivity (Wildman–Crippen MR) is 137 cm³/mol. The maximum Gasteiger partial charge on any atom is 0.312 e. The number of carbonyl (C=O) groups is 1. The zero-order valence-electron chi connectivity index (χ0n) is 18.6. The fourth-order valence-electron chi connectivity index (χ4n) is 3.66. The van der Waals surface area contributed by atoms with Crippen molar-refractivity contribution < 1.29 is 9.72 Å². The lowest BCUT2D eigenvalue weighted by Gasteiger charge is -2.07. The first-order valence-electron chi connectivity index (χ1n) is 10.4. The molecule has 4 aromatic rings. The van der Waals surface area contributed by atoms with Gasteiger partial charge in [-0.25, -0.2) is 0 Å². The number of aromatic nitrogens is 4. The third kappa shape index (κ3) is 5.55. The van der Waals surface area contributed by atoms with Gasteiger partial charge in [0.05, 0.1) is 32.5 Å². The lowest BCUT2D eigenvalue weighted by atomic mass is 10.1. The van der Waals surface area contributed by atoms with Gasteiger partial charge in [0, 0.05) is 11.8 Å². The fraction of sp³-hybridized carbons (Fsp3) is 0.174. The van der Waals surface area contributed by atoms with Crippen LogP contribution in [0.5, 0.6) is 0 Å². The van der Waals surface area contributed by atoms with Crippen molar-refractivity contribution in [2.75, 3.05) is 5.32 Å². The van der Waals surface area contributed by atoms with E-state index >= 15 is 0 Å². The van der Waals surface area contributed by atoms with E-state index in [9.17, 15) is 14.9 Å². The molecule has 180 valence electrons. The van der Waals surface area contributed by atoms with Gasteiger partial charge in [0.15, 0.2) is 5.82 Å². The molecular weight excluding hydrogens is 559 g/mol. The average molecular weight is 578 g/mol. The molecule has 0 saturated carbocycles. The molecular formula is C23H19BrCl2N6O3. The van der Waals surface area contributed by atoms with Gasteiger partial charge in [-0.05, 0) is 65.2 Å². The van der Waals surface area contributed by atoms with Crippen LogP contribution in [0.15, 0.2) is 53.1 Å². The van der Waals surface area contributed by atoms with E-state index in [1.807, 2.05) is 12.1 Å². The Hall–Kier alpha value is -3.21. The molecule has 0 atom stereocenters. The first-order valence-corrected chi connectivity index (χ1v) is 11.9. The zero-order chi connectivity index (χ0) is 25.3. The average Bonchev–Trinajstić information content (AvgIpc) is 3.28. The van der Waals surface area contributed by atoms with Gasteiger partial charge in [-0.15, -0.1) is 0 Å². The number of benzene rings is 2. The summed E-state index contributed by atoms with van der Waals surface area (Å²) in [6, 6.07) is 12.3. The van der Waals surface area contributed by atoms with Gasteiger partial charge < -0.3 is 5.32 Å². The van der Waals surface area contributed by atoms with Crippen LogP contribution in [0.3, 0.4) is 0 Å². The summed E-state index contributed by atoms with van der Waals surface area (Å²) in [7, 11) is 0. The predicted octanol–water partition coefficient (Wildman–Crippen LogP) is 6.02. The molecule has 9 nitrogen and oxygen atoms in total. The Morgan fingerprint density at radius 1 is 1.09 bits per heavy atom. The fourth-order valence-corrected chi connectivity index (χ4v) is 4.39. The van der Waals surface area contributed by atoms with Gasteiger partial charge in [-0.1, -0.05) is 41.4 Å². The molecule has 0 saturated heterocycles. The number of nitro groups is 1. The summed E-state index contributed by atoms with van der Waals surface area (Å²) in [5.74, 6) is 0.0290. The SMILES string of the molecule is Cc1nn(Cc2cccc(C(=O)Nc3nn(Cc4ccc(Cl)c(Cl)c4)cc3Br)c2)c(C)c1[N+](=O)[O-]. The lowest BCUT2D eigenvalue weighted by molar-refractivity contribution is -0.386. The number of anilines is 1. The summed E-state index contributed by atoms with van der Waals surface area (Å²) in [5.41, 5.74) is 2.91. The Bertz CT molecular complexity index is 1450. The molecule has 12 heteroatoms. The van der Waals surface area contributed by atoms with Gasteiger partial charge in [0.2, 0.25) is 0 Å². The van der Waals surface area contributed by atoms with Crippen LogP contribution in [0.25, 0.3) is 0 Å². The van der Waals surface area contributed by atoms with Crippen LogP contribution in [0, 0.1) is 24.0 Å². The van der Waals surface area contributed by atoms with Crippen LogP contribution >= 0.6 is 39.1 Å². The minimum Gasteiger partial charge on any atom is -0.304 e. The minimum atomic E-state index is -0.434. The largest absolute Gasteiger partial charge is 0.312 e. The molecule has 0 fully saturated rings. The molecule has 0 spiro atoms. The van der Waals surface area contributed by atoms with E-state index in [1.165, 1.54) is 0 Å². The smallest absolute Gasteiger partial charge is 0.304 e. The molecule has 2 heterocycles. The summed E-state index contributed by atoms with van der Waals surface area (Å²) >= 11 is 15.5. The van der Waals surface area contributed by atoms with Crippen LogP contribution in [-0.2, 0) is 13.1 Å². The summed E-state index contributed by atoms with van der Waals surface area (Å²) in [6.45, 7) is 3.99. The van der Waals surface area contributed by atoms with Crippen molar-refractivity contribution in [3.05, 3.63) is 101 Å². The highest BCUT2D eigenvalue weighted by molar-refractivity contribution is 9.10. The number of amides is 1. The molecule has 2 aromatic carbocycles. The van der Waals surface area contributed by atoms with E-state index in [0.29, 0.717) is 50.4 Å². The number of nitrogens with zero attached hydrogens (tertiary/aromatic N) is 5. The van der Waals surface area contributed by atoms with E-state index in [2.05, 4.69) is 31.4 Å². The van der Waals surface area contributed by atoms with Gasteiger partial charge in [-0.2, -0.15) is 10.2 Å². The van der Waals surface area contributed by atoms with Crippen LogP contribution < -0.4 is 5.32 Å². The third-order valence-corrected chi connectivity index (χ3v) is 6.64. The number of aryl methyl sites for hydroxylation is 1. The number of hydrogen-bond acceptors (Lipinski definition) is 5. The summed E-state index contributed by atoms with van der Waals surface area (Å²) in [5, 5.41) is 23.7. The molecule has 0 bridgehead atoms. The van der Waals surface area contributed by atoms with E-state index in [0.717, 1.165) is 11.1 Å². The molecule has 0 aliphatic heterocycles. The molecule has 0 aliphatic carbocycles. The maximum atomic E-state index is 12.9. The number of halogens is 3. The second-order valence-electron chi connectivity index (χ2n) is 7.86. The molecule has 1 N–H and O–H groups in total. The van der Waals surface area contributed by atoms with Gasteiger partial charge in [-0.3, -0.25) is 24.3 Å². The first kappa shape index (κ1) is 24.9. The van der Waals surface area contributed by atoms with E-state index in [1.54, 1.807) is 59.7 Å². The molecule has 2 aromatic heterocycles. The Balaban J connectivity index is 1.48. The van der Waals surface area contributed by atoms with E-state index < -0.39 is 4.92 Å². The zero-order valence-corrected chi connectivity index (χ0v) is 21.7. The highest BCUT2D eigenvalue weighted by Crippen LogP contribution is 2.26. The highest BCUT2D eigenvalue weighted by atomic mass is 79.9. The number of carbonyl (C=O) groups excluding carboxylic acids is 1. The van der Waals surface area contributed by atoms with Gasteiger partial charge in [0.1, 0.15) is 11.4 Å². The Labute approximate surface area is 218 Å². The molecule has 0 unspecified atom stereocenters. The number of hydrogen-bond donors (Lipinski definition) is 1. The highest BCUT2D eigenvalue weighted by Gasteiger charge is 2.22. The number of nitrogens with one attached hydrogen (secondary N) is 1. The van der Waals surface area contributed by atoms with Gasteiger partial charge in [0.25, 0.3) is 5.91 Å². The monoisotopic (exact) mass is 576 g/mol. The molecule has 0 radical (unpaired) electrons. The maximum absolute atomic E-state index is 12.9. The lowest BCUT2D eigenvalue weighted by Crippen LogP contribution is -2.14. The molecule has 1 amide bonds. The van der Waals surface area contributed by atoms with Crippen molar-refractivity contribution in [3.8, 4) is 0 Å². The second-order valence-corrected chi connectivity index (χ2v) is 9.53. The minimum absolute atomic E-state index is 0.000191. The molecule has 0 aliphatic rings. The topological polar surface area (TPSA) is 108 Å². The third-order valence-electron chi connectivity index (χ3n) is 5.32. The van der Waals surface area contributed by atoms with Crippen LogP contribution in [0.1, 0.15) is 32.9 Å². The molecule has 4 rings (SSSR count). The van der Waals surface area contributed by atoms with Crippen molar-refractivity contribution in [1.82, 2.24) is 19.6 Å². The number of rotatable bonds is 7. The van der Waals surface area contributed by atoms with Gasteiger partial charge >= 0.3 is 5.69 Å². The van der Waals surface area contributed by atoms with Crippen molar-refractivity contribution in [3.63, 3.8) is 0 Å². The van der Waals surface area contributed by atoms with E-state index in [-0.39, 0.29) is 11.6 Å². The molecule has 35 heavy (non-hydrogen) atoms. The Morgan fingerprint density at radius 2 is 1.83 bits per heavy atom. The van der Waals surface area contributed by atoms with Crippen LogP contribution in [-0.4, -0.2) is 30.4 Å². The normalized spacial score (nSPS) is 11.0. The summed E-state index contributed by atoms with van der Waals surface area (Å²) in [4.78, 5) is 23.7. The second kappa shape index (κ2) is 10.2. The van der Waals surface area contributed by atoms with Crippen LogP contribution in [0.2, 0.25) is 10.0 Å². The first-order chi connectivity index (χ1) is 16.6. The summed E-state index contributed by atoms with van der Waals surface area (Å²) < 4.78 is 3.86. The quantitative estimate of drug-likeness (QED) is 0.213. The Kier molecular flexibility index (Phi) is 7.25. The summed E-state index contributed by atoms with van der Waals surface area (Å²) in [6.07, 6.45) is 1.75. The van der Waals surface area contributed by atoms with Crippen molar-refractivity contribution in [1.29, 1.82) is 0 Å². The van der Waals surface area contributed by atoms with Crippen molar-refractivity contribution in [2.45, 2.75) is 26.9 Å². The van der Waals surface area contributed by atoms with Crippen LogP contribution in [0.4, 0.5) is 11.5 Å². The standard InChI is InChI=1S/C23H19BrCl2N6O3/c1-13-21(32(34)35)14(2)31(28-13)11-15-4-3-5-17(8-15)23(33)27-22-18(24)12-30(29-22)10-16-6-7-19(25)20(26)9-16/h3-9,12H,10-11H2,1-2H3,(H,27,29,33).